The van der Waals surface area contributed by atoms with Gasteiger partial charge in [-0.2, -0.15) is 0 Å². The van der Waals surface area contributed by atoms with Gasteiger partial charge in [-0.15, -0.1) is 0 Å². The quantitative estimate of drug-likeness (QED) is 0.596. The van der Waals surface area contributed by atoms with Gasteiger partial charge in [0.1, 0.15) is 0 Å². The summed E-state index contributed by atoms with van der Waals surface area (Å²) in [5, 5.41) is 3.18. The Kier molecular flexibility index (Phi) is 6.44. The summed E-state index contributed by atoms with van der Waals surface area (Å²) in [7, 11) is 0. The van der Waals surface area contributed by atoms with E-state index in [2.05, 4.69) is 37.4 Å². The lowest BCUT2D eigenvalue weighted by Crippen LogP contribution is -2.27. The van der Waals surface area contributed by atoms with Crippen LogP contribution in [-0.4, -0.2) is 19.1 Å². The van der Waals surface area contributed by atoms with Crippen LogP contribution in [0.25, 0.3) is 0 Å². The maximum atomic E-state index is 11.4. The van der Waals surface area contributed by atoms with Crippen molar-refractivity contribution in [1.82, 2.24) is 5.32 Å². The molecule has 1 aromatic carbocycles. The monoisotopic (exact) mass is 249 g/mol. The number of carbonyl (C=O) groups is 1. The predicted molar refractivity (Wildman–Crippen MR) is 73.5 cm³/mol. The first kappa shape index (κ1) is 14.7. The van der Waals surface area contributed by atoms with Gasteiger partial charge in [-0.25, -0.2) is 0 Å². The van der Waals surface area contributed by atoms with E-state index in [-0.39, 0.29) is 18.6 Å². The number of esters is 1. The lowest BCUT2D eigenvalue weighted by Gasteiger charge is -2.14. The molecule has 0 aromatic heterocycles. The molecule has 0 bridgehead atoms. The molecule has 0 saturated heterocycles. The minimum Gasteiger partial charge on any atom is -0.465 e. The Balaban J connectivity index is 2.32. The molecule has 0 saturated carbocycles. The highest BCUT2D eigenvalue weighted by atomic mass is 16.5. The molecule has 0 radical (unpaired) electrons. The number of hydrogen-bond acceptors (Lipinski definition) is 3. The summed E-state index contributed by atoms with van der Waals surface area (Å²) < 4.78 is 5.09. The van der Waals surface area contributed by atoms with E-state index in [1.165, 1.54) is 11.1 Å². The highest BCUT2D eigenvalue weighted by molar-refractivity contribution is 5.71. The summed E-state index contributed by atoms with van der Waals surface area (Å²) in [6.07, 6.45) is 1.97. The molecule has 18 heavy (non-hydrogen) atoms. The average Bonchev–Trinajstić information content (AvgIpc) is 2.36. The molecule has 3 heteroatoms. The predicted octanol–water partition coefficient (Wildman–Crippen LogP) is 2.99. The van der Waals surface area contributed by atoms with E-state index in [0.29, 0.717) is 6.61 Å². The number of ether oxygens (including phenoxy) is 1. The van der Waals surface area contributed by atoms with Gasteiger partial charge >= 0.3 is 5.97 Å². The van der Waals surface area contributed by atoms with E-state index in [1.54, 1.807) is 0 Å². The zero-order chi connectivity index (χ0) is 13.4. The number of nitrogens with one attached hydrogen (secondary N) is 1. The molecule has 100 valence electrons. The van der Waals surface area contributed by atoms with E-state index < -0.39 is 0 Å². The Morgan fingerprint density at radius 1 is 1.44 bits per heavy atom. The SMILES string of the molecule is CCCCOC(=O)CN[C@@H](C)c1cccc(C)c1. The van der Waals surface area contributed by atoms with Crippen molar-refractivity contribution < 1.29 is 9.53 Å². The summed E-state index contributed by atoms with van der Waals surface area (Å²) in [5.74, 6) is -0.178. The third kappa shape index (κ3) is 5.32. The highest BCUT2D eigenvalue weighted by Crippen LogP contribution is 2.13. The maximum absolute atomic E-state index is 11.4. The Morgan fingerprint density at radius 2 is 2.22 bits per heavy atom. The van der Waals surface area contributed by atoms with Gasteiger partial charge in [-0.05, 0) is 25.8 Å². The molecular weight excluding hydrogens is 226 g/mol. The fourth-order valence-electron chi connectivity index (χ4n) is 1.68. The third-order valence-electron chi connectivity index (χ3n) is 2.86. The second kappa shape index (κ2) is 7.88. The van der Waals surface area contributed by atoms with Crippen LogP contribution in [0.4, 0.5) is 0 Å². The van der Waals surface area contributed by atoms with Crippen molar-refractivity contribution in [1.29, 1.82) is 0 Å². The second-order valence-electron chi connectivity index (χ2n) is 4.59. The van der Waals surface area contributed by atoms with Crippen LogP contribution in [0.15, 0.2) is 24.3 Å². The zero-order valence-corrected chi connectivity index (χ0v) is 11.5. The van der Waals surface area contributed by atoms with Gasteiger partial charge in [0.25, 0.3) is 0 Å². The maximum Gasteiger partial charge on any atom is 0.319 e. The van der Waals surface area contributed by atoms with Crippen molar-refractivity contribution in [2.45, 2.75) is 39.7 Å². The van der Waals surface area contributed by atoms with Gasteiger partial charge < -0.3 is 10.1 Å². The third-order valence-corrected chi connectivity index (χ3v) is 2.86. The van der Waals surface area contributed by atoms with Crippen LogP contribution in [0.5, 0.6) is 0 Å². The van der Waals surface area contributed by atoms with Crippen LogP contribution in [0, 0.1) is 6.92 Å². The molecule has 3 nitrogen and oxygen atoms in total. The van der Waals surface area contributed by atoms with Crippen molar-refractivity contribution >= 4 is 5.97 Å². The normalized spacial score (nSPS) is 12.2. The van der Waals surface area contributed by atoms with Gasteiger partial charge in [-0.1, -0.05) is 43.2 Å². The zero-order valence-electron chi connectivity index (χ0n) is 11.5. The topological polar surface area (TPSA) is 38.3 Å². The van der Waals surface area contributed by atoms with Crippen LogP contribution in [0.2, 0.25) is 0 Å². The molecule has 0 heterocycles. The van der Waals surface area contributed by atoms with E-state index in [0.717, 1.165) is 12.8 Å². The van der Waals surface area contributed by atoms with Crippen LogP contribution in [-0.2, 0) is 9.53 Å². The lowest BCUT2D eigenvalue weighted by molar-refractivity contribution is -0.142. The lowest BCUT2D eigenvalue weighted by atomic mass is 10.1. The summed E-state index contributed by atoms with van der Waals surface area (Å²) >= 11 is 0. The van der Waals surface area contributed by atoms with Gasteiger partial charge in [0, 0.05) is 6.04 Å². The fraction of sp³-hybridized carbons (Fsp3) is 0.533. The van der Waals surface area contributed by atoms with Gasteiger partial charge in [0.15, 0.2) is 0 Å². The van der Waals surface area contributed by atoms with E-state index >= 15 is 0 Å². The van der Waals surface area contributed by atoms with Crippen molar-refractivity contribution in [3.63, 3.8) is 0 Å². The summed E-state index contributed by atoms with van der Waals surface area (Å²) in [6.45, 7) is 6.98. The summed E-state index contributed by atoms with van der Waals surface area (Å²) in [5.41, 5.74) is 2.42. The number of unbranched alkanes of at least 4 members (excludes halogenated alkanes) is 1. The molecule has 0 spiro atoms. The molecule has 1 aromatic rings. The molecule has 1 atom stereocenters. The first-order valence-corrected chi connectivity index (χ1v) is 6.59. The van der Waals surface area contributed by atoms with Crippen LogP contribution < -0.4 is 5.32 Å². The Labute approximate surface area is 110 Å². The van der Waals surface area contributed by atoms with Crippen LogP contribution >= 0.6 is 0 Å². The first-order chi connectivity index (χ1) is 8.63. The van der Waals surface area contributed by atoms with Crippen molar-refractivity contribution in [2.24, 2.45) is 0 Å². The molecule has 0 unspecified atom stereocenters. The van der Waals surface area contributed by atoms with Gasteiger partial charge in [0.05, 0.1) is 13.2 Å². The van der Waals surface area contributed by atoms with E-state index in [4.69, 9.17) is 4.74 Å². The molecule has 0 fully saturated rings. The number of hydrogen-bond donors (Lipinski definition) is 1. The van der Waals surface area contributed by atoms with Crippen LogP contribution in [0.1, 0.15) is 43.9 Å². The largest absolute Gasteiger partial charge is 0.465 e. The van der Waals surface area contributed by atoms with Crippen molar-refractivity contribution in [3.8, 4) is 0 Å². The number of rotatable bonds is 7. The Hall–Kier alpha value is -1.35. The highest BCUT2D eigenvalue weighted by Gasteiger charge is 2.08. The molecule has 1 N–H and O–H groups in total. The van der Waals surface area contributed by atoms with E-state index in [9.17, 15) is 4.79 Å². The van der Waals surface area contributed by atoms with Gasteiger partial charge in [-0.3, -0.25) is 4.79 Å². The smallest absolute Gasteiger partial charge is 0.319 e. The van der Waals surface area contributed by atoms with Crippen molar-refractivity contribution in [2.75, 3.05) is 13.2 Å². The Bertz CT molecular complexity index is 377. The molecule has 1 rings (SSSR count). The summed E-state index contributed by atoms with van der Waals surface area (Å²) in [4.78, 5) is 11.4. The van der Waals surface area contributed by atoms with E-state index in [1.807, 2.05) is 13.0 Å². The molecule has 0 aliphatic carbocycles. The van der Waals surface area contributed by atoms with Gasteiger partial charge in [0.2, 0.25) is 0 Å². The number of carbonyl (C=O) groups excluding carboxylic acids is 1. The second-order valence-corrected chi connectivity index (χ2v) is 4.59. The molecule has 0 aliphatic heterocycles. The summed E-state index contributed by atoms with van der Waals surface area (Å²) in [6, 6.07) is 8.44. The first-order valence-electron chi connectivity index (χ1n) is 6.59. The molecule has 0 amide bonds. The van der Waals surface area contributed by atoms with Crippen LogP contribution in [0.3, 0.4) is 0 Å². The average molecular weight is 249 g/mol. The standard InChI is InChI=1S/C15H23NO2/c1-4-5-9-18-15(17)11-16-13(3)14-8-6-7-12(2)10-14/h6-8,10,13,16H,4-5,9,11H2,1-3H3/t13-/m0/s1. The molecule has 0 aliphatic rings. The van der Waals surface area contributed by atoms with Crippen molar-refractivity contribution in [3.05, 3.63) is 35.4 Å². The number of benzene rings is 1. The fourth-order valence-corrected chi connectivity index (χ4v) is 1.68. The molecular formula is C15H23NO2. The minimum absolute atomic E-state index is 0.156. The number of aryl methyl sites for hydroxylation is 1. The Morgan fingerprint density at radius 3 is 2.89 bits per heavy atom. The minimum atomic E-state index is -0.178.